The molecule has 1 amide bonds. The SMILES string of the molecule is CC1CCc2cc(F)ccc2N1C(=O)C(F)(F)C(F)(F)C(F)(F)C(F)(F)C(F)(F)C(F)(F)F. The Balaban J connectivity index is 2.59. The predicted molar refractivity (Wildman–Crippen MR) is 82.5 cm³/mol. The number of carbonyl (C=O) groups is 1. The summed E-state index contributed by atoms with van der Waals surface area (Å²) >= 11 is 0. The van der Waals surface area contributed by atoms with Crippen LogP contribution in [0.1, 0.15) is 18.9 Å². The smallest absolute Gasteiger partial charge is 0.304 e. The van der Waals surface area contributed by atoms with E-state index in [1.54, 1.807) is 0 Å². The fourth-order valence-electron chi connectivity index (χ4n) is 3.08. The van der Waals surface area contributed by atoms with Gasteiger partial charge in [0.15, 0.2) is 0 Å². The molecule has 2 nitrogen and oxygen atoms in total. The molecule has 1 heterocycles. The molecule has 1 aliphatic heterocycles. The van der Waals surface area contributed by atoms with Gasteiger partial charge in [0.25, 0.3) is 0 Å². The topological polar surface area (TPSA) is 20.3 Å². The summed E-state index contributed by atoms with van der Waals surface area (Å²) < 4.78 is 186. The van der Waals surface area contributed by atoms with Crippen LogP contribution in [0.2, 0.25) is 0 Å². The van der Waals surface area contributed by atoms with Crippen molar-refractivity contribution in [3.8, 4) is 0 Å². The molecule has 16 heteroatoms. The molecule has 0 N–H and O–H groups in total. The number of hydrogen-bond acceptors (Lipinski definition) is 1. The van der Waals surface area contributed by atoms with Crippen LogP contribution in [0.3, 0.4) is 0 Å². The monoisotopic (exact) mass is 511 g/mol. The van der Waals surface area contributed by atoms with Gasteiger partial charge in [0.1, 0.15) is 5.82 Å². The van der Waals surface area contributed by atoms with E-state index in [0.29, 0.717) is 18.2 Å². The lowest BCUT2D eigenvalue weighted by Gasteiger charge is -2.42. The van der Waals surface area contributed by atoms with Gasteiger partial charge in [-0.25, -0.2) is 4.39 Å². The van der Waals surface area contributed by atoms with Gasteiger partial charge in [-0.05, 0) is 43.5 Å². The highest BCUT2D eigenvalue weighted by Gasteiger charge is 2.91. The second kappa shape index (κ2) is 7.61. The van der Waals surface area contributed by atoms with Crippen LogP contribution in [0.15, 0.2) is 18.2 Å². The van der Waals surface area contributed by atoms with Gasteiger partial charge in [0.2, 0.25) is 0 Å². The van der Waals surface area contributed by atoms with Gasteiger partial charge in [0.05, 0.1) is 0 Å². The molecule has 0 radical (unpaired) electrons. The van der Waals surface area contributed by atoms with Gasteiger partial charge >= 0.3 is 41.7 Å². The molecule has 1 atom stereocenters. The Morgan fingerprint density at radius 1 is 0.818 bits per heavy atom. The number of fused-ring (bicyclic) bond motifs is 1. The van der Waals surface area contributed by atoms with Crippen molar-refractivity contribution in [2.75, 3.05) is 4.90 Å². The van der Waals surface area contributed by atoms with Crippen LogP contribution in [0, 0.1) is 5.82 Å². The van der Waals surface area contributed by atoms with E-state index in [0.717, 1.165) is 6.92 Å². The molecular weight excluding hydrogens is 500 g/mol. The van der Waals surface area contributed by atoms with E-state index in [2.05, 4.69) is 0 Å². The zero-order valence-corrected chi connectivity index (χ0v) is 15.9. The van der Waals surface area contributed by atoms with E-state index in [1.165, 1.54) is 0 Å². The van der Waals surface area contributed by atoms with E-state index >= 15 is 0 Å². The van der Waals surface area contributed by atoms with Crippen molar-refractivity contribution in [3.63, 3.8) is 0 Å². The first-order chi connectivity index (χ1) is 14.6. The van der Waals surface area contributed by atoms with Gasteiger partial charge in [-0.15, -0.1) is 0 Å². The second-order valence-corrected chi connectivity index (χ2v) is 7.21. The zero-order chi connectivity index (χ0) is 26.0. The minimum atomic E-state index is -8.10. The van der Waals surface area contributed by atoms with Crippen LogP contribution in [0.25, 0.3) is 0 Å². The normalized spacial score (nSPS) is 18.9. The molecule has 1 aromatic carbocycles. The summed E-state index contributed by atoms with van der Waals surface area (Å²) in [5, 5.41) is 0. The molecular formula is C17H11F14NO. The third-order valence-corrected chi connectivity index (χ3v) is 4.99. The molecule has 1 aromatic rings. The lowest BCUT2D eigenvalue weighted by atomic mass is 9.91. The Morgan fingerprint density at radius 2 is 1.30 bits per heavy atom. The fourth-order valence-corrected chi connectivity index (χ4v) is 3.08. The maximum Gasteiger partial charge on any atom is 0.460 e. The predicted octanol–water partition coefficient (Wildman–Crippen LogP) is 6.23. The van der Waals surface area contributed by atoms with Crippen LogP contribution in [0.5, 0.6) is 0 Å². The Morgan fingerprint density at radius 3 is 1.79 bits per heavy atom. The lowest BCUT2D eigenvalue weighted by molar-refractivity contribution is -0.436. The van der Waals surface area contributed by atoms with Gasteiger partial charge < -0.3 is 4.90 Å². The molecule has 0 bridgehead atoms. The number of hydrogen-bond donors (Lipinski definition) is 0. The number of rotatable bonds is 5. The number of nitrogens with zero attached hydrogens (tertiary/aromatic N) is 1. The molecule has 1 aliphatic rings. The van der Waals surface area contributed by atoms with Crippen LogP contribution in [0.4, 0.5) is 67.2 Å². The third-order valence-electron chi connectivity index (χ3n) is 4.99. The molecule has 2 rings (SSSR count). The summed E-state index contributed by atoms with van der Waals surface area (Å²) in [5.41, 5.74) is -0.951. The van der Waals surface area contributed by atoms with Crippen LogP contribution in [-0.2, 0) is 11.2 Å². The van der Waals surface area contributed by atoms with Crippen molar-refractivity contribution in [1.82, 2.24) is 0 Å². The minimum absolute atomic E-state index is 0.119. The number of anilines is 1. The summed E-state index contributed by atoms with van der Waals surface area (Å²) in [4.78, 5) is 11.9. The van der Waals surface area contributed by atoms with Crippen LogP contribution in [-0.4, -0.2) is 47.7 Å². The van der Waals surface area contributed by atoms with E-state index in [-0.39, 0.29) is 23.3 Å². The van der Waals surface area contributed by atoms with Gasteiger partial charge in [-0.2, -0.15) is 57.1 Å². The van der Waals surface area contributed by atoms with Crippen molar-refractivity contribution < 1.29 is 66.3 Å². The molecule has 0 aromatic heterocycles. The second-order valence-electron chi connectivity index (χ2n) is 7.21. The maximum atomic E-state index is 14.3. The zero-order valence-electron chi connectivity index (χ0n) is 15.9. The molecule has 1 unspecified atom stereocenters. The largest absolute Gasteiger partial charge is 0.460 e. The molecule has 0 fully saturated rings. The van der Waals surface area contributed by atoms with E-state index < -0.39 is 59.2 Å². The molecule has 0 aliphatic carbocycles. The highest BCUT2D eigenvalue weighted by Crippen LogP contribution is 2.60. The molecule has 33 heavy (non-hydrogen) atoms. The number of amides is 1. The summed E-state index contributed by atoms with van der Waals surface area (Å²) in [6.07, 6.45) is -7.99. The van der Waals surface area contributed by atoms with Crippen molar-refractivity contribution >= 4 is 11.6 Å². The summed E-state index contributed by atoms with van der Waals surface area (Å²) in [5.74, 6) is -42.9. The first kappa shape index (κ1) is 27.0. The van der Waals surface area contributed by atoms with Crippen molar-refractivity contribution in [1.29, 1.82) is 0 Å². The van der Waals surface area contributed by atoms with Crippen molar-refractivity contribution in [2.45, 2.75) is 61.6 Å². The standard InChI is InChI=1S/C17H11F14NO/c1-7-2-3-8-6-9(18)4-5-10(8)32(7)11(33)12(19,20)13(21,22)14(23,24)15(25,26)16(27,28)17(29,30)31/h4-7H,2-3H2,1H3. The number of aryl methyl sites for hydroxylation is 1. The lowest BCUT2D eigenvalue weighted by Crippen LogP contribution is -2.72. The van der Waals surface area contributed by atoms with E-state index in [4.69, 9.17) is 0 Å². The van der Waals surface area contributed by atoms with Gasteiger partial charge in [0, 0.05) is 11.7 Å². The van der Waals surface area contributed by atoms with Crippen molar-refractivity contribution in [2.24, 2.45) is 0 Å². The Labute approximate surface area is 175 Å². The summed E-state index contributed by atoms with van der Waals surface area (Å²) in [7, 11) is 0. The molecule has 0 saturated carbocycles. The summed E-state index contributed by atoms with van der Waals surface area (Å²) in [6.45, 7) is 0.934. The van der Waals surface area contributed by atoms with E-state index in [9.17, 15) is 66.3 Å². The van der Waals surface area contributed by atoms with Crippen LogP contribution < -0.4 is 4.90 Å². The highest BCUT2D eigenvalue weighted by molar-refractivity contribution is 6.00. The van der Waals surface area contributed by atoms with E-state index in [1.807, 2.05) is 0 Å². The van der Waals surface area contributed by atoms with Crippen LogP contribution >= 0.6 is 0 Å². The Kier molecular flexibility index (Phi) is 6.22. The number of carbonyl (C=O) groups excluding carboxylic acids is 1. The first-order valence-corrected chi connectivity index (χ1v) is 8.63. The molecule has 188 valence electrons. The average molecular weight is 511 g/mol. The Hall–Kier alpha value is -2.29. The highest BCUT2D eigenvalue weighted by atomic mass is 19.4. The fraction of sp³-hybridized carbons (Fsp3) is 0.588. The average Bonchev–Trinajstić information content (AvgIpc) is 2.66. The minimum Gasteiger partial charge on any atom is -0.304 e. The maximum absolute atomic E-state index is 14.3. The quantitative estimate of drug-likeness (QED) is 0.430. The van der Waals surface area contributed by atoms with Crippen molar-refractivity contribution in [3.05, 3.63) is 29.6 Å². The summed E-state index contributed by atoms with van der Waals surface area (Å²) in [6, 6.07) is 0.351. The van der Waals surface area contributed by atoms with Gasteiger partial charge in [-0.3, -0.25) is 4.79 Å². The van der Waals surface area contributed by atoms with Gasteiger partial charge in [-0.1, -0.05) is 0 Å². The Bertz CT molecular complexity index is 923. The number of halogens is 14. The molecule has 0 saturated heterocycles. The first-order valence-electron chi connectivity index (χ1n) is 8.63. The third kappa shape index (κ3) is 3.68. The number of benzene rings is 1. The molecule has 0 spiro atoms. The number of alkyl halides is 13.